The monoisotopic (exact) mass is 1230 g/mol. The van der Waals surface area contributed by atoms with E-state index < -0.39 is 193 Å². The summed E-state index contributed by atoms with van der Waals surface area (Å²) in [5.41, 5.74) is 6.32. The molecule has 1 heterocycles. The minimum atomic E-state index is -1.80. The Morgan fingerprint density at radius 3 is 1.54 bits per heavy atom. The van der Waals surface area contributed by atoms with Crippen molar-refractivity contribution in [1.29, 1.82) is 0 Å². The highest BCUT2D eigenvalue weighted by atomic mass is 16.5. The quantitative estimate of drug-likeness (QED) is 0.0382. The van der Waals surface area contributed by atoms with Crippen LogP contribution in [0.5, 0.6) is 0 Å². The number of cyclic esters (lactones) is 1. The van der Waals surface area contributed by atoms with E-state index in [1.807, 2.05) is 30.3 Å². The van der Waals surface area contributed by atoms with Crippen LogP contribution >= 0.6 is 0 Å². The molecule has 3 rings (SSSR count). The zero-order chi connectivity index (χ0) is 65.2. The Labute approximate surface area is 510 Å². The predicted octanol–water partition coefficient (Wildman–Crippen LogP) is -1.35. The van der Waals surface area contributed by atoms with Crippen molar-refractivity contribution in [2.24, 2.45) is 35.3 Å². The van der Waals surface area contributed by atoms with E-state index in [-0.39, 0.29) is 18.8 Å². The second kappa shape index (κ2) is 36.8. The number of amides is 11. The fraction of sp³-hybridized carbons (Fsp3) is 0.700. The molecule has 0 unspecified atom stereocenters. The number of hydrogen-bond acceptors (Lipinski definition) is 16. The zero-order valence-electron chi connectivity index (χ0n) is 52.4. The van der Waals surface area contributed by atoms with E-state index in [2.05, 4.69) is 58.5 Å². The van der Waals surface area contributed by atoms with E-state index in [9.17, 15) is 67.7 Å². The van der Waals surface area contributed by atoms with E-state index in [4.69, 9.17) is 10.5 Å². The average molecular weight is 1230 g/mol. The highest BCUT2D eigenvalue weighted by molar-refractivity contribution is 5.99. The molecule has 1 aliphatic carbocycles. The molecule has 27 heteroatoms. The standard InChI is InChI=1S/C60H98N12O15/c1-12-31(5)44(68-52(78)40(62-11)28-37-22-18-16-19-23-37)55(81)65-41(29-73)53(79)64-39(26-27-43(61)75)51(77)67-46(33(7)14-3)57(83)69-45(32(6)13-2)56(82)66-42(30-74)54(80)71-48-36(10)87-60(86)47(34(8)15-4)70-59(85)49(38-24-20-17-21-25-38)72-50(76)35(9)63-58(48)84/h16,18-19,22-23,31-36,38-42,44-49,62,73-74H,12-15,17,20-21,24-30H2,1-11H3,(H2,61,75)(H,63,84)(H,64,79)(H,65,81)(H,66,82)(H,67,77)(H,68,78)(H,69,83)(H,70,85)(H,71,80)(H,72,76)/t31-,32-,33+,34-,35-,36-,39+,40+,41-,42-,44-,45-,46+,47-,48+,49-/m0/s1. The number of carbonyl (C=O) groups is 12. The number of nitrogens with one attached hydrogen (secondary N) is 11. The topological polar surface area (TPSA) is 413 Å². The molecule has 0 radical (unpaired) electrons. The molecule has 87 heavy (non-hydrogen) atoms. The van der Waals surface area contributed by atoms with Gasteiger partial charge in [0.15, 0.2) is 0 Å². The molecular weight excluding hydrogens is 1130 g/mol. The Morgan fingerprint density at radius 1 is 0.586 bits per heavy atom. The van der Waals surface area contributed by atoms with Gasteiger partial charge in [0, 0.05) is 6.42 Å². The summed E-state index contributed by atoms with van der Waals surface area (Å²) in [5.74, 6) is -12.9. The van der Waals surface area contributed by atoms with Crippen molar-refractivity contribution < 1.29 is 72.5 Å². The normalized spacial score (nSPS) is 22.5. The first-order valence-electron chi connectivity index (χ1n) is 30.7. The molecule has 0 spiro atoms. The number of primary amides is 1. The van der Waals surface area contributed by atoms with Gasteiger partial charge in [0.2, 0.25) is 65.0 Å². The van der Waals surface area contributed by atoms with Gasteiger partial charge in [-0.2, -0.15) is 0 Å². The second-order valence-corrected chi connectivity index (χ2v) is 23.3. The van der Waals surface area contributed by atoms with Crippen molar-refractivity contribution in [3.05, 3.63) is 35.9 Å². The number of esters is 1. The molecule has 2 aliphatic rings. The first-order valence-corrected chi connectivity index (χ1v) is 30.7. The summed E-state index contributed by atoms with van der Waals surface area (Å²) >= 11 is 0. The van der Waals surface area contributed by atoms with Crippen LogP contribution in [0.4, 0.5) is 0 Å². The Hall–Kier alpha value is -7.26. The molecule has 16 atom stereocenters. The van der Waals surface area contributed by atoms with Crippen molar-refractivity contribution in [2.45, 2.75) is 219 Å². The Bertz CT molecular complexity index is 2500. The molecule has 1 saturated heterocycles. The first kappa shape index (κ1) is 74.0. The number of likely N-dealkylation sites (N-methyl/N-ethyl adjacent to an activating group) is 1. The van der Waals surface area contributed by atoms with E-state index in [0.717, 1.165) is 24.8 Å². The molecule has 15 N–H and O–H groups in total. The number of benzene rings is 1. The van der Waals surface area contributed by atoms with Crippen molar-refractivity contribution in [3.8, 4) is 0 Å². The molecule has 1 aromatic carbocycles. The lowest BCUT2D eigenvalue weighted by Crippen LogP contribution is -2.63. The number of ether oxygens (including phenoxy) is 1. The maximum atomic E-state index is 14.4. The van der Waals surface area contributed by atoms with Crippen LogP contribution in [0.15, 0.2) is 30.3 Å². The Kier molecular flexibility index (Phi) is 31.3. The highest BCUT2D eigenvalue weighted by Gasteiger charge is 2.42. The molecule has 2 fully saturated rings. The summed E-state index contributed by atoms with van der Waals surface area (Å²) in [4.78, 5) is 166. The van der Waals surface area contributed by atoms with Crippen LogP contribution in [0.3, 0.4) is 0 Å². The molecule has 0 aromatic heterocycles. The highest BCUT2D eigenvalue weighted by Crippen LogP contribution is 2.28. The number of rotatable bonds is 31. The van der Waals surface area contributed by atoms with Gasteiger partial charge in [-0.05, 0) is 81.7 Å². The fourth-order valence-corrected chi connectivity index (χ4v) is 10.2. The lowest BCUT2D eigenvalue weighted by atomic mass is 9.83. The van der Waals surface area contributed by atoms with Crippen molar-refractivity contribution >= 4 is 70.9 Å². The van der Waals surface area contributed by atoms with E-state index in [1.54, 1.807) is 62.4 Å². The summed E-state index contributed by atoms with van der Waals surface area (Å²) in [5, 5.41) is 49.8. The first-order chi connectivity index (χ1) is 41.2. The van der Waals surface area contributed by atoms with Crippen molar-refractivity contribution in [3.63, 3.8) is 0 Å². The predicted molar refractivity (Wildman–Crippen MR) is 321 cm³/mol. The minimum Gasteiger partial charge on any atom is -0.458 e. The third-order valence-electron chi connectivity index (χ3n) is 16.8. The summed E-state index contributed by atoms with van der Waals surface area (Å²) < 4.78 is 5.77. The largest absolute Gasteiger partial charge is 0.458 e. The lowest BCUT2D eigenvalue weighted by molar-refractivity contribution is -0.157. The molecule has 1 aromatic rings. The summed E-state index contributed by atoms with van der Waals surface area (Å²) in [6, 6.07) is -5.87. The molecule has 11 amide bonds. The Balaban J connectivity index is 1.85. The third-order valence-corrected chi connectivity index (χ3v) is 16.8. The summed E-state index contributed by atoms with van der Waals surface area (Å²) in [6.45, 7) is 14.4. The number of aliphatic hydroxyl groups is 2. The molecule has 27 nitrogen and oxygen atoms in total. The number of hydrogen-bond donors (Lipinski definition) is 14. The molecule has 488 valence electrons. The summed E-state index contributed by atoms with van der Waals surface area (Å²) in [7, 11) is 1.60. The fourth-order valence-electron chi connectivity index (χ4n) is 10.2. The van der Waals surface area contributed by atoms with Gasteiger partial charge < -0.3 is 79.2 Å². The number of nitrogens with two attached hydrogens (primary N) is 1. The van der Waals surface area contributed by atoms with Crippen LogP contribution in [0.1, 0.15) is 145 Å². The lowest BCUT2D eigenvalue weighted by Gasteiger charge is -2.32. The average Bonchev–Trinajstić information content (AvgIpc) is 3.88. The van der Waals surface area contributed by atoms with Gasteiger partial charge in [-0.25, -0.2) is 4.79 Å². The van der Waals surface area contributed by atoms with Crippen molar-refractivity contribution in [2.75, 3.05) is 20.3 Å². The van der Waals surface area contributed by atoms with Crippen LogP contribution in [0.25, 0.3) is 0 Å². The van der Waals surface area contributed by atoms with Gasteiger partial charge >= 0.3 is 5.97 Å². The van der Waals surface area contributed by atoms with Gasteiger partial charge in [-0.3, -0.25) is 52.7 Å². The van der Waals surface area contributed by atoms with Gasteiger partial charge in [0.25, 0.3) is 0 Å². The van der Waals surface area contributed by atoms with Crippen molar-refractivity contribution in [1.82, 2.24) is 58.5 Å². The molecule has 0 bridgehead atoms. The van der Waals surface area contributed by atoms with E-state index in [0.29, 0.717) is 32.1 Å². The van der Waals surface area contributed by atoms with Gasteiger partial charge in [-0.1, -0.05) is 131 Å². The molecular formula is C60H98N12O15. The van der Waals surface area contributed by atoms with Crippen LogP contribution in [-0.4, -0.2) is 174 Å². The Morgan fingerprint density at radius 2 is 1.06 bits per heavy atom. The summed E-state index contributed by atoms with van der Waals surface area (Å²) in [6.07, 6.45) is 3.33. The maximum Gasteiger partial charge on any atom is 0.329 e. The van der Waals surface area contributed by atoms with Crippen LogP contribution in [0, 0.1) is 29.6 Å². The van der Waals surface area contributed by atoms with Crippen LogP contribution in [-0.2, 0) is 68.7 Å². The van der Waals surface area contributed by atoms with E-state index in [1.165, 1.54) is 13.8 Å². The third kappa shape index (κ3) is 22.4. The van der Waals surface area contributed by atoms with Crippen LogP contribution in [0.2, 0.25) is 0 Å². The minimum absolute atomic E-state index is 0.241. The van der Waals surface area contributed by atoms with E-state index >= 15 is 0 Å². The second-order valence-electron chi connectivity index (χ2n) is 23.3. The van der Waals surface area contributed by atoms with Gasteiger partial charge in [-0.15, -0.1) is 0 Å². The number of carbonyl (C=O) groups excluding carboxylic acids is 12. The molecule has 1 saturated carbocycles. The van der Waals surface area contributed by atoms with Gasteiger partial charge in [0.05, 0.1) is 19.3 Å². The smallest absolute Gasteiger partial charge is 0.329 e. The maximum absolute atomic E-state index is 14.4. The zero-order valence-corrected chi connectivity index (χ0v) is 52.4. The number of aliphatic hydroxyl groups excluding tert-OH is 2. The molecule has 1 aliphatic heterocycles. The van der Waals surface area contributed by atoms with Crippen LogP contribution < -0.4 is 64.2 Å². The van der Waals surface area contributed by atoms with Gasteiger partial charge in [0.1, 0.15) is 66.5 Å². The SMILES string of the molecule is CC[C@@H](C)[C@@H](NC(=O)[C@@H](CCC(N)=O)NC(=O)[C@H](CO)NC(=O)[C@@H](NC(=O)[C@@H](Cc1ccccc1)NC)[C@@H](C)CC)C(=O)N[C@H](C(=O)N[C@@H](CO)C(=O)N[C@H]1C(=O)N[C@@H](C)C(=O)N[C@@H](C2CCCCC2)C(=O)N[C@@H]([C@@H](C)CC)C(=O)O[C@H]1C)[C@@H](C)CC.